The van der Waals surface area contributed by atoms with Gasteiger partial charge in [-0.25, -0.2) is 13.6 Å². The van der Waals surface area contributed by atoms with Crippen LogP contribution in [0.5, 0.6) is 0 Å². The van der Waals surface area contributed by atoms with E-state index in [0.717, 1.165) is 12.8 Å². The van der Waals surface area contributed by atoms with Gasteiger partial charge in [0, 0.05) is 6.54 Å². The lowest BCUT2D eigenvalue weighted by Crippen LogP contribution is -2.40. The highest BCUT2D eigenvalue weighted by atomic mass is 19.3. The molecule has 2 rings (SSSR count). The van der Waals surface area contributed by atoms with Crippen LogP contribution in [0.3, 0.4) is 0 Å². The van der Waals surface area contributed by atoms with Gasteiger partial charge in [0.05, 0.1) is 5.92 Å². The number of rotatable bonds is 0. The quantitative estimate of drug-likeness (QED) is 0.658. The third-order valence-corrected chi connectivity index (χ3v) is 3.29. The fraction of sp³-hybridized carbons (Fsp3) is 0.917. The van der Waals surface area contributed by atoms with Crippen molar-refractivity contribution in [2.24, 2.45) is 5.92 Å². The van der Waals surface area contributed by atoms with Gasteiger partial charge in [0.2, 0.25) is 0 Å². The number of hydrogen-bond donors (Lipinski definition) is 0. The number of carbonyl (C=O) groups excluding carboxylic acids is 1. The summed E-state index contributed by atoms with van der Waals surface area (Å²) in [7, 11) is 0. The molecule has 98 valence electrons. The van der Waals surface area contributed by atoms with E-state index in [-0.39, 0.29) is 0 Å². The SMILES string of the molecule is CC(C)(C)OC(=O)N1CCCCC2C1C2(F)F. The molecule has 1 amide bonds. The van der Waals surface area contributed by atoms with Crippen LogP contribution >= 0.6 is 0 Å². The van der Waals surface area contributed by atoms with Gasteiger partial charge in [-0.15, -0.1) is 0 Å². The molecule has 2 fully saturated rings. The van der Waals surface area contributed by atoms with Crippen LogP contribution in [0.2, 0.25) is 0 Å². The normalized spacial score (nSPS) is 31.5. The van der Waals surface area contributed by atoms with Crippen LogP contribution < -0.4 is 0 Å². The molecular formula is C12H19F2NO2. The first kappa shape index (κ1) is 12.6. The van der Waals surface area contributed by atoms with Crippen molar-refractivity contribution in [3.63, 3.8) is 0 Å². The molecule has 1 heterocycles. The number of halogens is 2. The van der Waals surface area contributed by atoms with Crippen molar-refractivity contribution in [1.29, 1.82) is 0 Å². The van der Waals surface area contributed by atoms with E-state index in [0.29, 0.717) is 13.0 Å². The molecule has 0 aromatic carbocycles. The molecular weight excluding hydrogens is 228 g/mol. The summed E-state index contributed by atoms with van der Waals surface area (Å²) < 4.78 is 32.1. The minimum Gasteiger partial charge on any atom is -0.444 e. The molecule has 0 N–H and O–H groups in total. The summed E-state index contributed by atoms with van der Waals surface area (Å²) in [5.41, 5.74) is -0.636. The van der Waals surface area contributed by atoms with Crippen molar-refractivity contribution < 1.29 is 18.3 Å². The Kier molecular flexibility index (Phi) is 2.83. The van der Waals surface area contributed by atoms with Crippen LogP contribution in [0.25, 0.3) is 0 Å². The van der Waals surface area contributed by atoms with E-state index in [1.807, 2.05) is 0 Å². The summed E-state index contributed by atoms with van der Waals surface area (Å²) in [6, 6.07) is -0.931. The highest BCUT2D eigenvalue weighted by Crippen LogP contribution is 2.56. The summed E-state index contributed by atoms with van der Waals surface area (Å²) in [6.07, 6.45) is 1.45. The van der Waals surface area contributed by atoms with E-state index in [1.54, 1.807) is 20.8 Å². The average Bonchev–Trinajstić information content (AvgIpc) is 2.75. The molecule has 0 aromatic heterocycles. The van der Waals surface area contributed by atoms with Gasteiger partial charge in [0.1, 0.15) is 11.6 Å². The topological polar surface area (TPSA) is 29.5 Å². The largest absolute Gasteiger partial charge is 0.444 e. The molecule has 17 heavy (non-hydrogen) atoms. The number of amides is 1. The van der Waals surface area contributed by atoms with Crippen LogP contribution in [0, 0.1) is 5.92 Å². The van der Waals surface area contributed by atoms with E-state index < -0.39 is 29.6 Å². The zero-order valence-electron chi connectivity index (χ0n) is 10.5. The second-order valence-electron chi connectivity index (χ2n) is 5.90. The highest BCUT2D eigenvalue weighted by molar-refractivity contribution is 5.69. The first-order valence-corrected chi connectivity index (χ1v) is 6.11. The van der Waals surface area contributed by atoms with Crippen LogP contribution in [0.4, 0.5) is 13.6 Å². The van der Waals surface area contributed by atoms with Crippen molar-refractivity contribution in [2.75, 3.05) is 6.54 Å². The van der Waals surface area contributed by atoms with Gasteiger partial charge < -0.3 is 4.74 Å². The zero-order chi connectivity index (χ0) is 12.8. The summed E-state index contributed by atoms with van der Waals surface area (Å²) in [6.45, 7) is 5.60. The number of ether oxygens (including phenoxy) is 1. The van der Waals surface area contributed by atoms with E-state index >= 15 is 0 Å². The van der Waals surface area contributed by atoms with Crippen molar-refractivity contribution in [2.45, 2.75) is 57.6 Å². The van der Waals surface area contributed by atoms with Crippen LogP contribution in [-0.4, -0.2) is 35.1 Å². The Hall–Kier alpha value is -0.870. The number of alkyl halides is 2. The van der Waals surface area contributed by atoms with Gasteiger partial charge >= 0.3 is 6.09 Å². The van der Waals surface area contributed by atoms with Crippen molar-refractivity contribution in [3.8, 4) is 0 Å². The van der Waals surface area contributed by atoms with Gasteiger partial charge in [-0.3, -0.25) is 4.90 Å². The molecule has 0 radical (unpaired) electrons. The molecule has 5 heteroatoms. The lowest BCUT2D eigenvalue weighted by molar-refractivity contribution is 0.00791. The van der Waals surface area contributed by atoms with Crippen LogP contribution in [-0.2, 0) is 4.74 Å². The fourth-order valence-corrected chi connectivity index (χ4v) is 2.46. The third-order valence-electron chi connectivity index (χ3n) is 3.29. The van der Waals surface area contributed by atoms with Crippen molar-refractivity contribution in [1.82, 2.24) is 4.90 Å². The lowest BCUT2D eigenvalue weighted by atomic mass is 10.2. The monoisotopic (exact) mass is 247 g/mol. The van der Waals surface area contributed by atoms with Crippen LogP contribution in [0.1, 0.15) is 40.0 Å². The first-order valence-electron chi connectivity index (χ1n) is 6.11. The Morgan fingerprint density at radius 3 is 2.59 bits per heavy atom. The molecule has 0 bridgehead atoms. The first-order chi connectivity index (χ1) is 7.73. The lowest BCUT2D eigenvalue weighted by Gasteiger charge is -2.27. The Morgan fingerprint density at radius 2 is 2.00 bits per heavy atom. The summed E-state index contributed by atoms with van der Waals surface area (Å²) in [5.74, 6) is -3.37. The molecule has 1 saturated heterocycles. The molecule has 1 aliphatic carbocycles. The fourth-order valence-electron chi connectivity index (χ4n) is 2.46. The minimum absolute atomic E-state index is 0.381. The smallest absolute Gasteiger partial charge is 0.410 e. The molecule has 1 aliphatic heterocycles. The van der Waals surface area contributed by atoms with Gasteiger partial charge in [-0.05, 0) is 33.6 Å². The number of nitrogens with zero attached hydrogens (tertiary/aromatic N) is 1. The summed E-state index contributed by atoms with van der Waals surface area (Å²) in [5, 5.41) is 0. The van der Waals surface area contributed by atoms with Gasteiger partial charge in [0.25, 0.3) is 5.92 Å². The number of carbonyl (C=O) groups is 1. The molecule has 2 aliphatic rings. The summed E-state index contributed by atoms with van der Waals surface area (Å²) in [4.78, 5) is 13.1. The van der Waals surface area contributed by atoms with Gasteiger partial charge in [-0.1, -0.05) is 6.42 Å². The molecule has 2 atom stereocenters. The highest BCUT2D eigenvalue weighted by Gasteiger charge is 2.71. The van der Waals surface area contributed by atoms with Gasteiger partial charge in [-0.2, -0.15) is 0 Å². The zero-order valence-corrected chi connectivity index (χ0v) is 10.5. The molecule has 1 saturated carbocycles. The van der Waals surface area contributed by atoms with E-state index in [4.69, 9.17) is 4.74 Å². The Bertz CT molecular complexity index is 325. The minimum atomic E-state index is -2.71. The predicted molar refractivity (Wildman–Crippen MR) is 59.0 cm³/mol. The second kappa shape index (κ2) is 3.82. The van der Waals surface area contributed by atoms with Crippen LogP contribution in [0.15, 0.2) is 0 Å². The van der Waals surface area contributed by atoms with E-state index in [1.165, 1.54) is 4.90 Å². The Morgan fingerprint density at radius 1 is 1.35 bits per heavy atom. The predicted octanol–water partition coefficient (Wildman–Crippen LogP) is 3.04. The number of hydrogen-bond acceptors (Lipinski definition) is 2. The second-order valence-corrected chi connectivity index (χ2v) is 5.90. The van der Waals surface area contributed by atoms with Crippen molar-refractivity contribution >= 4 is 6.09 Å². The van der Waals surface area contributed by atoms with E-state index in [9.17, 15) is 13.6 Å². The maximum atomic E-state index is 13.5. The number of fused-ring (bicyclic) bond motifs is 1. The summed E-state index contributed by atoms with van der Waals surface area (Å²) >= 11 is 0. The maximum Gasteiger partial charge on any atom is 0.410 e. The van der Waals surface area contributed by atoms with E-state index in [2.05, 4.69) is 0 Å². The Balaban J connectivity index is 2.06. The molecule has 0 spiro atoms. The average molecular weight is 247 g/mol. The maximum absolute atomic E-state index is 13.5. The molecule has 2 unspecified atom stereocenters. The number of likely N-dealkylation sites (tertiary alicyclic amines) is 1. The van der Waals surface area contributed by atoms with Gasteiger partial charge in [0.15, 0.2) is 0 Å². The standard InChI is InChI=1S/C12H19F2NO2/c1-11(2,3)17-10(16)15-7-5-4-6-8-9(15)12(8,13)14/h8-9H,4-7H2,1-3H3. The third kappa shape index (κ3) is 2.38. The van der Waals surface area contributed by atoms with Crippen molar-refractivity contribution in [3.05, 3.63) is 0 Å². The molecule has 0 aromatic rings. The molecule has 3 nitrogen and oxygen atoms in total. The Labute approximate surface area is 100 Å².